The van der Waals surface area contributed by atoms with Crippen LogP contribution in [-0.2, 0) is 13.0 Å². The Hall–Kier alpha value is -1.32. The second-order valence-corrected chi connectivity index (χ2v) is 6.13. The van der Waals surface area contributed by atoms with Crippen LogP contribution < -0.4 is 5.73 Å². The summed E-state index contributed by atoms with van der Waals surface area (Å²) in [6, 6.07) is 16.7. The Kier molecular flexibility index (Phi) is 5.62. The third-order valence-electron chi connectivity index (χ3n) is 3.33. The van der Waals surface area contributed by atoms with Crippen molar-refractivity contribution in [3.63, 3.8) is 0 Å². The number of anilines is 1. The van der Waals surface area contributed by atoms with Gasteiger partial charge in [-0.05, 0) is 61.8 Å². The van der Waals surface area contributed by atoms with Gasteiger partial charge < -0.3 is 10.6 Å². The summed E-state index contributed by atoms with van der Waals surface area (Å²) in [5.74, 6) is 0. The highest BCUT2D eigenvalue weighted by Gasteiger charge is 2.01. The molecule has 3 heteroatoms. The third-order valence-corrected chi connectivity index (χ3v) is 3.82. The van der Waals surface area contributed by atoms with Crippen LogP contribution in [0.25, 0.3) is 0 Å². The van der Waals surface area contributed by atoms with Crippen LogP contribution in [0.3, 0.4) is 0 Å². The molecule has 0 heterocycles. The first-order valence-corrected chi connectivity index (χ1v) is 7.70. The first-order chi connectivity index (χ1) is 9.63. The van der Waals surface area contributed by atoms with Crippen LogP contribution in [0.2, 0.25) is 0 Å². The van der Waals surface area contributed by atoms with E-state index in [-0.39, 0.29) is 0 Å². The van der Waals surface area contributed by atoms with Crippen LogP contribution in [0.4, 0.5) is 5.69 Å². The van der Waals surface area contributed by atoms with Crippen molar-refractivity contribution in [2.45, 2.75) is 19.4 Å². The van der Waals surface area contributed by atoms with Gasteiger partial charge in [-0.1, -0.05) is 40.2 Å². The summed E-state index contributed by atoms with van der Waals surface area (Å²) >= 11 is 3.51. The highest BCUT2D eigenvalue weighted by molar-refractivity contribution is 9.10. The van der Waals surface area contributed by atoms with Gasteiger partial charge in [0.2, 0.25) is 0 Å². The molecule has 0 radical (unpaired) electrons. The number of benzene rings is 2. The lowest BCUT2D eigenvalue weighted by Gasteiger charge is -2.16. The smallest absolute Gasteiger partial charge is 0.0314 e. The van der Waals surface area contributed by atoms with E-state index in [1.165, 1.54) is 11.1 Å². The maximum atomic E-state index is 5.69. The molecule has 0 spiro atoms. The highest BCUT2D eigenvalue weighted by Crippen LogP contribution is 2.13. The van der Waals surface area contributed by atoms with Crippen LogP contribution >= 0.6 is 15.9 Å². The SMILES string of the molecule is CN(CCCc1ccc(N)cc1)Cc1cccc(Br)c1. The van der Waals surface area contributed by atoms with Gasteiger partial charge in [0, 0.05) is 16.7 Å². The van der Waals surface area contributed by atoms with Crippen molar-refractivity contribution in [3.8, 4) is 0 Å². The van der Waals surface area contributed by atoms with Crippen LogP contribution in [0.5, 0.6) is 0 Å². The molecule has 0 aliphatic carbocycles. The van der Waals surface area contributed by atoms with Crippen LogP contribution in [0, 0.1) is 0 Å². The van der Waals surface area contributed by atoms with E-state index in [0.29, 0.717) is 0 Å². The Bertz CT molecular complexity index is 537. The third kappa shape index (κ3) is 4.99. The fourth-order valence-corrected chi connectivity index (χ4v) is 2.71. The van der Waals surface area contributed by atoms with Crippen molar-refractivity contribution < 1.29 is 0 Å². The molecule has 0 aliphatic heterocycles. The quantitative estimate of drug-likeness (QED) is 0.807. The summed E-state index contributed by atoms with van der Waals surface area (Å²) in [7, 11) is 2.17. The fraction of sp³-hybridized carbons (Fsp3) is 0.294. The zero-order valence-corrected chi connectivity index (χ0v) is 13.4. The van der Waals surface area contributed by atoms with Gasteiger partial charge in [0.1, 0.15) is 0 Å². The highest BCUT2D eigenvalue weighted by atomic mass is 79.9. The van der Waals surface area contributed by atoms with Gasteiger partial charge in [-0.3, -0.25) is 0 Å². The molecule has 2 aromatic rings. The first-order valence-electron chi connectivity index (χ1n) is 6.91. The molecule has 0 aromatic heterocycles. The molecule has 0 saturated carbocycles. The standard InChI is InChI=1S/C17H21BrN2/c1-20(13-15-4-2-6-16(18)12-15)11-3-5-14-7-9-17(19)10-8-14/h2,4,6-10,12H,3,5,11,13,19H2,1H3. The minimum atomic E-state index is 0.834. The van der Waals surface area contributed by atoms with Gasteiger partial charge in [0.25, 0.3) is 0 Å². The summed E-state index contributed by atoms with van der Waals surface area (Å²) in [6.45, 7) is 2.08. The summed E-state index contributed by atoms with van der Waals surface area (Å²) in [6.07, 6.45) is 2.26. The second kappa shape index (κ2) is 7.46. The fourth-order valence-electron chi connectivity index (χ4n) is 2.26. The average molecular weight is 333 g/mol. The minimum Gasteiger partial charge on any atom is -0.399 e. The van der Waals surface area contributed by atoms with Crippen molar-refractivity contribution in [2.75, 3.05) is 19.3 Å². The molecule has 0 bridgehead atoms. The Morgan fingerprint density at radius 2 is 1.80 bits per heavy atom. The number of halogens is 1. The molecule has 2 N–H and O–H groups in total. The maximum Gasteiger partial charge on any atom is 0.0314 e. The molecule has 20 heavy (non-hydrogen) atoms. The van der Waals surface area contributed by atoms with E-state index in [0.717, 1.165) is 36.1 Å². The lowest BCUT2D eigenvalue weighted by molar-refractivity contribution is 0.322. The topological polar surface area (TPSA) is 29.3 Å². The second-order valence-electron chi connectivity index (χ2n) is 5.21. The molecule has 2 aromatic carbocycles. The van der Waals surface area contributed by atoms with Crippen molar-refractivity contribution in [2.24, 2.45) is 0 Å². The van der Waals surface area contributed by atoms with E-state index in [9.17, 15) is 0 Å². The van der Waals surface area contributed by atoms with Gasteiger partial charge >= 0.3 is 0 Å². The number of aryl methyl sites for hydroxylation is 1. The normalized spacial score (nSPS) is 10.9. The summed E-state index contributed by atoms with van der Waals surface area (Å²) in [5, 5.41) is 0. The summed E-state index contributed by atoms with van der Waals surface area (Å²) < 4.78 is 1.14. The Balaban J connectivity index is 1.75. The number of rotatable bonds is 6. The molecular weight excluding hydrogens is 312 g/mol. The van der Waals surface area contributed by atoms with Crippen LogP contribution in [0.15, 0.2) is 53.0 Å². The predicted molar refractivity (Wildman–Crippen MR) is 89.7 cm³/mol. The van der Waals surface area contributed by atoms with Crippen LogP contribution in [-0.4, -0.2) is 18.5 Å². The number of hydrogen-bond donors (Lipinski definition) is 1. The predicted octanol–water partition coefficient (Wildman–Crippen LogP) is 4.10. The van der Waals surface area contributed by atoms with E-state index < -0.39 is 0 Å². The number of nitrogen functional groups attached to an aromatic ring is 1. The van der Waals surface area contributed by atoms with Gasteiger partial charge in [0.15, 0.2) is 0 Å². The van der Waals surface area contributed by atoms with E-state index in [2.05, 4.69) is 64.3 Å². The van der Waals surface area contributed by atoms with Crippen molar-refractivity contribution in [1.29, 1.82) is 0 Å². The monoisotopic (exact) mass is 332 g/mol. The minimum absolute atomic E-state index is 0.834. The Labute approximate surface area is 129 Å². The molecule has 0 saturated heterocycles. The molecule has 0 unspecified atom stereocenters. The first kappa shape index (κ1) is 15.1. The van der Waals surface area contributed by atoms with E-state index in [1.807, 2.05) is 12.1 Å². The molecular formula is C17H21BrN2. The van der Waals surface area contributed by atoms with E-state index >= 15 is 0 Å². The molecule has 2 rings (SSSR count). The summed E-state index contributed by atoms with van der Waals surface area (Å²) in [5.41, 5.74) is 9.22. The van der Waals surface area contributed by atoms with Crippen molar-refractivity contribution in [1.82, 2.24) is 4.90 Å². The molecule has 0 amide bonds. The van der Waals surface area contributed by atoms with Crippen LogP contribution in [0.1, 0.15) is 17.5 Å². The molecule has 2 nitrogen and oxygen atoms in total. The van der Waals surface area contributed by atoms with Crippen molar-refractivity contribution >= 4 is 21.6 Å². The zero-order valence-electron chi connectivity index (χ0n) is 11.8. The number of hydrogen-bond acceptors (Lipinski definition) is 2. The zero-order chi connectivity index (χ0) is 14.4. The van der Waals surface area contributed by atoms with Gasteiger partial charge in [-0.15, -0.1) is 0 Å². The van der Waals surface area contributed by atoms with Gasteiger partial charge in [0.05, 0.1) is 0 Å². The molecule has 0 aliphatic rings. The molecule has 0 atom stereocenters. The average Bonchev–Trinajstić information content (AvgIpc) is 2.41. The van der Waals surface area contributed by atoms with Gasteiger partial charge in [-0.2, -0.15) is 0 Å². The van der Waals surface area contributed by atoms with E-state index in [1.54, 1.807) is 0 Å². The number of nitrogens with two attached hydrogens (primary N) is 1. The molecule has 0 fully saturated rings. The largest absolute Gasteiger partial charge is 0.399 e. The Morgan fingerprint density at radius 3 is 2.50 bits per heavy atom. The lowest BCUT2D eigenvalue weighted by Crippen LogP contribution is -2.19. The number of nitrogens with zero attached hydrogens (tertiary/aromatic N) is 1. The Morgan fingerprint density at radius 1 is 1.05 bits per heavy atom. The van der Waals surface area contributed by atoms with E-state index in [4.69, 9.17) is 5.73 Å². The lowest BCUT2D eigenvalue weighted by atomic mass is 10.1. The van der Waals surface area contributed by atoms with Gasteiger partial charge in [-0.25, -0.2) is 0 Å². The molecule has 106 valence electrons. The van der Waals surface area contributed by atoms with Crippen molar-refractivity contribution in [3.05, 3.63) is 64.1 Å². The summed E-state index contributed by atoms with van der Waals surface area (Å²) in [4.78, 5) is 2.36. The maximum absolute atomic E-state index is 5.69.